The number of fused-ring (bicyclic) bond motifs is 8. The number of hydrogen-bond acceptors (Lipinski definition) is 11. The number of ketones is 1. The highest BCUT2D eigenvalue weighted by Crippen LogP contribution is 2.35. The average molecular weight is 901 g/mol. The summed E-state index contributed by atoms with van der Waals surface area (Å²) in [6, 6.07) is 19.0. The molecule has 6 fully saturated rings. The number of rotatable bonds is 9. The number of anilines is 1. The largest absolute Gasteiger partial charge is 1.00 e. The van der Waals surface area contributed by atoms with Crippen molar-refractivity contribution >= 4 is 29.4 Å². The fourth-order valence-corrected chi connectivity index (χ4v) is 9.60. The number of halogens is 1. The lowest BCUT2D eigenvalue weighted by Crippen LogP contribution is -3.00. The maximum atomic E-state index is 12.6. The first-order valence-electron chi connectivity index (χ1n) is 22.2. The van der Waals surface area contributed by atoms with Gasteiger partial charge in [0.05, 0.1) is 11.7 Å². The molecule has 2 atom stereocenters. The lowest BCUT2D eigenvalue weighted by molar-refractivity contribution is -0.524. The fraction of sp³-hybridized carbons (Fsp3) is 0.375. The monoisotopic (exact) mass is 899 g/mol. The molecule has 0 radical (unpaired) electrons. The Balaban J connectivity index is 0.000000144. The number of allylic oxidation sites excluding steroid dienone is 1. The Kier molecular flexibility index (Phi) is 13.7. The summed E-state index contributed by atoms with van der Waals surface area (Å²) in [6.45, 7) is 11.2. The van der Waals surface area contributed by atoms with Gasteiger partial charge in [-0.05, 0) is 94.7 Å². The van der Waals surface area contributed by atoms with Crippen LogP contribution in [0.3, 0.4) is 0 Å². The molecule has 4 bridgehead atoms. The smallest absolute Gasteiger partial charge is 0.339 e. The molecule has 6 aliphatic rings. The SMILES string of the molecule is Cc1ccccc1-c1nc2occn2c1-c1ccnc(NC2CN3CCC2CC3)n1.Cc1ccccc1-c1nc2occn2c1C(=O)C=CN(C)C.NC(N)=[NH+][C@@H]1CN2CCC1CC2.[Cl-]. The van der Waals surface area contributed by atoms with Crippen LogP contribution in [0.5, 0.6) is 0 Å². The van der Waals surface area contributed by atoms with Crippen LogP contribution in [0, 0.1) is 25.7 Å². The van der Waals surface area contributed by atoms with Gasteiger partial charge in [0.15, 0.2) is 0 Å². The van der Waals surface area contributed by atoms with E-state index in [0.717, 1.165) is 52.8 Å². The maximum Gasteiger partial charge on any atom is 0.339 e. The second-order valence-corrected chi connectivity index (χ2v) is 17.5. The van der Waals surface area contributed by atoms with Gasteiger partial charge in [-0.2, -0.15) is 9.97 Å². The molecule has 2 aromatic carbocycles. The molecule has 340 valence electrons. The topological polar surface area (TPSA) is 191 Å². The van der Waals surface area contributed by atoms with E-state index in [1.54, 1.807) is 23.1 Å². The molecule has 7 aromatic rings. The van der Waals surface area contributed by atoms with Gasteiger partial charge >= 0.3 is 17.6 Å². The number of nitrogens with two attached hydrogens (primary N) is 2. The van der Waals surface area contributed by atoms with E-state index >= 15 is 0 Å². The minimum Gasteiger partial charge on any atom is -1.00 e. The van der Waals surface area contributed by atoms with Gasteiger partial charge in [0, 0.05) is 75.2 Å². The van der Waals surface area contributed by atoms with Crippen LogP contribution < -0.4 is 34.2 Å². The van der Waals surface area contributed by atoms with Crippen LogP contribution in [0.1, 0.15) is 47.3 Å². The Morgan fingerprint density at radius 2 is 1.37 bits per heavy atom. The number of imidazole rings is 2. The summed E-state index contributed by atoms with van der Waals surface area (Å²) in [5.74, 6) is 3.42. The lowest BCUT2D eigenvalue weighted by atomic mass is 9.84. The highest BCUT2D eigenvalue weighted by Gasteiger charge is 2.36. The molecular weight excluding hydrogens is 842 g/mol. The molecule has 5 aromatic heterocycles. The number of guanidine groups is 1. The third kappa shape index (κ3) is 9.79. The van der Waals surface area contributed by atoms with Gasteiger partial charge in [0.25, 0.3) is 0 Å². The molecule has 0 saturated carbocycles. The third-order valence-electron chi connectivity index (χ3n) is 13.0. The van der Waals surface area contributed by atoms with Crippen molar-refractivity contribution in [2.75, 3.05) is 58.7 Å². The van der Waals surface area contributed by atoms with Crippen LogP contribution in [-0.4, -0.2) is 121 Å². The highest BCUT2D eigenvalue weighted by atomic mass is 35.5. The summed E-state index contributed by atoms with van der Waals surface area (Å²) in [5, 5.41) is 3.61. The number of piperidine rings is 6. The van der Waals surface area contributed by atoms with Crippen LogP contribution in [0.4, 0.5) is 5.95 Å². The van der Waals surface area contributed by atoms with Crippen molar-refractivity contribution in [1.29, 1.82) is 0 Å². The van der Waals surface area contributed by atoms with Gasteiger partial charge in [-0.3, -0.25) is 35.0 Å². The fourth-order valence-electron chi connectivity index (χ4n) is 9.60. The third-order valence-corrected chi connectivity index (χ3v) is 13.0. The van der Waals surface area contributed by atoms with Crippen LogP contribution in [0.2, 0.25) is 0 Å². The molecule has 6 saturated heterocycles. The predicted molar refractivity (Wildman–Crippen MR) is 247 cm³/mol. The summed E-state index contributed by atoms with van der Waals surface area (Å²) in [4.78, 5) is 41.2. The highest BCUT2D eigenvalue weighted by molar-refractivity contribution is 6.08. The van der Waals surface area contributed by atoms with E-state index in [1.165, 1.54) is 69.8 Å². The van der Waals surface area contributed by atoms with Crippen molar-refractivity contribution < 1.29 is 31.0 Å². The maximum absolute atomic E-state index is 12.6. The lowest BCUT2D eigenvalue weighted by Gasteiger charge is -2.44. The molecular formula is C48H58ClN13O3. The zero-order valence-electron chi connectivity index (χ0n) is 37.4. The minimum atomic E-state index is -0.110. The van der Waals surface area contributed by atoms with Crippen molar-refractivity contribution in [1.82, 2.24) is 43.4 Å². The summed E-state index contributed by atoms with van der Waals surface area (Å²) in [5.41, 5.74) is 18.9. The first-order chi connectivity index (χ1) is 31.1. The molecule has 11 heterocycles. The molecule has 0 aliphatic carbocycles. The number of benzene rings is 2. The number of nitrogens with one attached hydrogen (secondary N) is 2. The number of hydrogen-bond donors (Lipinski definition) is 4. The zero-order chi connectivity index (χ0) is 44.3. The van der Waals surface area contributed by atoms with Gasteiger partial charge in [0.1, 0.15) is 35.3 Å². The van der Waals surface area contributed by atoms with Crippen LogP contribution >= 0.6 is 0 Å². The van der Waals surface area contributed by atoms with Crippen molar-refractivity contribution in [2.45, 2.75) is 51.6 Å². The number of carbonyl (C=O) groups excluding carboxylic acids is 1. The molecule has 6 aliphatic heterocycles. The second kappa shape index (κ2) is 19.7. The van der Waals surface area contributed by atoms with Crippen molar-refractivity contribution in [2.24, 2.45) is 23.3 Å². The van der Waals surface area contributed by atoms with Crippen LogP contribution in [0.25, 0.3) is 45.6 Å². The first kappa shape index (κ1) is 45.1. The molecule has 0 spiro atoms. The van der Waals surface area contributed by atoms with E-state index in [0.29, 0.717) is 53.0 Å². The van der Waals surface area contributed by atoms with E-state index in [9.17, 15) is 4.79 Å². The first-order valence-corrected chi connectivity index (χ1v) is 22.2. The predicted octanol–water partition coefficient (Wildman–Crippen LogP) is 1.47. The summed E-state index contributed by atoms with van der Waals surface area (Å²) >= 11 is 0. The van der Waals surface area contributed by atoms with Gasteiger partial charge in [-0.15, -0.1) is 0 Å². The number of nitrogens with zero attached hydrogens (tertiary/aromatic N) is 9. The second-order valence-electron chi connectivity index (χ2n) is 17.5. The number of aromatic nitrogens is 6. The molecule has 0 amide bonds. The molecule has 13 rings (SSSR count). The Bertz CT molecular complexity index is 2780. The van der Waals surface area contributed by atoms with Gasteiger partial charge in [-0.25, -0.2) is 9.97 Å². The van der Waals surface area contributed by atoms with Crippen molar-refractivity contribution in [3.8, 4) is 33.9 Å². The standard InChI is InChI=1S/C23H24N6O.C17H17N3O2.C8H16N4.ClH/c1-15-4-2-3-5-17(15)20-21(29-12-13-30-23(29)27-20)18-6-9-24-22(25-18)26-19-14-28-10-7-16(19)8-11-28;1-12-6-4-5-7-13(12)15-16(14(21)8-9-19(2)3)20-10-11-22-17(20)18-15;9-8(10)11-7-5-12-3-1-6(7)2-4-12;/h2-6,9,12-13,16,19H,7-8,10-11,14H2,1H3,(H,24,25,26);4-11H,1-3H3;6-7H,1-5H2,(H4,9,10,11);1H/t;;7-;/m..1./s1. The zero-order valence-corrected chi connectivity index (χ0v) is 38.2. The summed E-state index contributed by atoms with van der Waals surface area (Å²) in [7, 11) is 3.74. The molecule has 16 nitrogen and oxygen atoms in total. The summed E-state index contributed by atoms with van der Waals surface area (Å²) in [6.07, 6.45) is 17.0. The number of aryl methyl sites for hydroxylation is 2. The van der Waals surface area contributed by atoms with Gasteiger partial charge in [0.2, 0.25) is 11.7 Å². The Hall–Kier alpha value is -6.49. The van der Waals surface area contributed by atoms with Crippen molar-refractivity contribution in [3.05, 3.63) is 115 Å². The van der Waals surface area contributed by atoms with E-state index < -0.39 is 0 Å². The van der Waals surface area contributed by atoms with E-state index in [2.05, 4.69) is 49.1 Å². The molecule has 65 heavy (non-hydrogen) atoms. The minimum absolute atomic E-state index is 0. The Morgan fingerprint density at radius 3 is 1.95 bits per heavy atom. The van der Waals surface area contributed by atoms with Crippen LogP contribution in [-0.2, 0) is 0 Å². The normalized spacial score (nSPS) is 21.8. The summed E-state index contributed by atoms with van der Waals surface area (Å²) < 4.78 is 14.6. The van der Waals surface area contributed by atoms with Gasteiger partial charge in [-0.1, -0.05) is 48.5 Å². The average Bonchev–Trinajstić information content (AvgIpc) is 4.10. The number of oxazole rings is 2. The van der Waals surface area contributed by atoms with E-state index in [-0.39, 0.29) is 18.2 Å². The molecule has 6 N–H and O–H groups in total. The molecule has 1 unspecified atom stereocenters. The Labute approximate surface area is 384 Å². The van der Waals surface area contributed by atoms with E-state index in [4.69, 9.17) is 30.3 Å². The Morgan fingerprint density at radius 1 is 0.785 bits per heavy atom. The quantitative estimate of drug-likeness (QED) is 0.0706. The van der Waals surface area contributed by atoms with Gasteiger partial charge < -0.3 is 36.4 Å². The number of carbonyl (C=O) groups is 1. The van der Waals surface area contributed by atoms with E-state index in [1.807, 2.05) is 85.2 Å². The van der Waals surface area contributed by atoms with Crippen LogP contribution in [0.15, 0.2) is 107 Å². The molecule has 17 heteroatoms. The van der Waals surface area contributed by atoms with Crippen molar-refractivity contribution in [3.63, 3.8) is 0 Å².